The third-order valence-electron chi connectivity index (χ3n) is 6.12. The molecule has 1 saturated heterocycles. The van der Waals surface area contributed by atoms with Crippen LogP contribution in [-0.4, -0.2) is 61.2 Å². The Morgan fingerprint density at radius 2 is 1.74 bits per heavy atom. The largest absolute Gasteiger partial charge is 0.366 e. The first kappa shape index (κ1) is 23.3. The Labute approximate surface area is 207 Å². The summed E-state index contributed by atoms with van der Waals surface area (Å²) in [4.78, 5) is 35.0. The number of thiophene rings is 1. The van der Waals surface area contributed by atoms with Crippen LogP contribution in [0.5, 0.6) is 0 Å². The number of carbonyl (C=O) groups is 1. The molecule has 0 spiro atoms. The summed E-state index contributed by atoms with van der Waals surface area (Å²) < 4.78 is 27.4. The van der Waals surface area contributed by atoms with Crippen molar-refractivity contribution < 1.29 is 13.2 Å². The molecule has 35 heavy (non-hydrogen) atoms. The smallest absolute Gasteiger partial charge is 0.273 e. The topological polar surface area (TPSA) is 92.6 Å². The summed E-state index contributed by atoms with van der Waals surface area (Å²) in [6, 6.07) is 16.6. The van der Waals surface area contributed by atoms with E-state index in [0.29, 0.717) is 47.8 Å². The molecule has 3 aromatic heterocycles. The van der Waals surface area contributed by atoms with Crippen molar-refractivity contribution in [1.29, 1.82) is 0 Å². The van der Waals surface area contributed by atoms with E-state index in [-0.39, 0.29) is 17.3 Å². The van der Waals surface area contributed by atoms with Crippen LogP contribution in [0.15, 0.2) is 75.9 Å². The fraction of sp³-hybridized carbons (Fsp3) is 0.240. The number of benzene rings is 1. The predicted molar refractivity (Wildman–Crippen MR) is 137 cm³/mol. The Balaban J connectivity index is 1.59. The fourth-order valence-corrected chi connectivity index (χ4v) is 6.20. The number of hydrogen-bond donors (Lipinski definition) is 0. The van der Waals surface area contributed by atoms with Crippen molar-refractivity contribution in [1.82, 2.24) is 14.5 Å². The van der Waals surface area contributed by atoms with Crippen molar-refractivity contribution in [3.8, 4) is 0 Å². The number of amides is 1. The summed E-state index contributed by atoms with van der Waals surface area (Å²) in [5.41, 5.74) is 1.08. The SMILES string of the molecule is CS(=O)(=O)c1c(N2CCN(C(=O)c3cccs3)CC2)c2cccnc2n(Cc2ccccc2)c1=O. The molecule has 5 rings (SSSR count). The lowest BCUT2D eigenvalue weighted by molar-refractivity contribution is 0.0751. The lowest BCUT2D eigenvalue weighted by Gasteiger charge is -2.37. The van der Waals surface area contributed by atoms with Gasteiger partial charge in [0.1, 0.15) is 5.65 Å². The molecule has 1 aliphatic heterocycles. The molecule has 4 aromatic rings. The number of aromatic nitrogens is 2. The van der Waals surface area contributed by atoms with Gasteiger partial charge in [0.2, 0.25) is 0 Å². The van der Waals surface area contributed by atoms with Crippen molar-refractivity contribution >= 4 is 43.8 Å². The fourth-order valence-electron chi connectivity index (χ4n) is 4.49. The highest BCUT2D eigenvalue weighted by Crippen LogP contribution is 2.32. The second-order valence-corrected chi connectivity index (χ2v) is 11.4. The summed E-state index contributed by atoms with van der Waals surface area (Å²) in [5, 5.41) is 2.47. The summed E-state index contributed by atoms with van der Waals surface area (Å²) >= 11 is 1.40. The molecule has 1 aliphatic rings. The molecular weight excluding hydrogens is 484 g/mol. The predicted octanol–water partition coefficient (Wildman–Crippen LogP) is 2.87. The number of sulfone groups is 1. The van der Waals surface area contributed by atoms with Gasteiger partial charge in [-0.3, -0.25) is 14.2 Å². The van der Waals surface area contributed by atoms with E-state index < -0.39 is 15.4 Å². The highest BCUT2D eigenvalue weighted by atomic mass is 32.2. The number of piperazine rings is 1. The Morgan fingerprint density at radius 3 is 2.40 bits per heavy atom. The third kappa shape index (κ3) is 4.46. The van der Waals surface area contributed by atoms with Gasteiger partial charge in [-0.05, 0) is 29.1 Å². The van der Waals surface area contributed by atoms with Crippen LogP contribution in [0.3, 0.4) is 0 Å². The molecule has 0 N–H and O–H groups in total. The highest BCUT2D eigenvalue weighted by molar-refractivity contribution is 7.90. The zero-order chi connectivity index (χ0) is 24.6. The molecule has 0 unspecified atom stereocenters. The molecular formula is C25H24N4O4S2. The van der Waals surface area contributed by atoms with Crippen LogP contribution < -0.4 is 10.5 Å². The van der Waals surface area contributed by atoms with Gasteiger partial charge in [0, 0.05) is 44.0 Å². The molecule has 10 heteroatoms. The van der Waals surface area contributed by atoms with Gasteiger partial charge < -0.3 is 9.80 Å². The Morgan fingerprint density at radius 1 is 1.00 bits per heavy atom. The van der Waals surface area contributed by atoms with Gasteiger partial charge in [-0.15, -0.1) is 11.3 Å². The summed E-state index contributed by atoms with van der Waals surface area (Å²) in [6.45, 7) is 1.88. The lowest BCUT2D eigenvalue weighted by Crippen LogP contribution is -2.49. The van der Waals surface area contributed by atoms with Crippen molar-refractivity contribution in [2.24, 2.45) is 0 Å². The summed E-state index contributed by atoms with van der Waals surface area (Å²) in [6.07, 6.45) is 2.67. The van der Waals surface area contributed by atoms with Crippen LogP contribution in [0.25, 0.3) is 11.0 Å². The Hall–Kier alpha value is -3.50. The van der Waals surface area contributed by atoms with Gasteiger partial charge in [-0.2, -0.15) is 0 Å². The van der Waals surface area contributed by atoms with Crippen molar-refractivity contribution in [3.05, 3.63) is 87.0 Å². The highest BCUT2D eigenvalue weighted by Gasteiger charge is 2.31. The van der Waals surface area contributed by atoms with E-state index in [0.717, 1.165) is 11.8 Å². The van der Waals surface area contributed by atoms with Crippen LogP contribution in [-0.2, 0) is 16.4 Å². The van der Waals surface area contributed by atoms with Crippen LogP contribution in [0, 0.1) is 0 Å². The number of hydrogen-bond acceptors (Lipinski definition) is 7. The molecule has 0 saturated carbocycles. The minimum absolute atomic E-state index is 0.0345. The molecule has 4 heterocycles. The molecule has 1 fully saturated rings. The van der Waals surface area contributed by atoms with Crippen molar-refractivity contribution in [2.45, 2.75) is 11.4 Å². The van der Waals surface area contributed by atoms with E-state index in [1.807, 2.05) is 46.7 Å². The first-order chi connectivity index (χ1) is 16.8. The normalized spacial score (nSPS) is 14.4. The quantitative estimate of drug-likeness (QED) is 0.412. The van der Waals surface area contributed by atoms with Gasteiger partial charge in [0.15, 0.2) is 14.7 Å². The molecule has 8 nitrogen and oxygen atoms in total. The average Bonchev–Trinajstić information content (AvgIpc) is 3.40. The maximum Gasteiger partial charge on any atom is 0.273 e. The molecule has 1 amide bonds. The van der Waals surface area contributed by atoms with Gasteiger partial charge in [-0.1, -0.05) is 36.4 Å². The second kappa shape index (κ2) is 9.27. The van der Waals surface area contributed by atoms with E-state index in [9.17, 15) is 18.0 Å². The van der Waals surface area contributed by atoms with E-state index in [2.05, 4.69) is 4.98 Å². The first-order valence-electron chi connectivity index (χ1n) is 11.2. The molecule has 0 atom stereocenters. The van der Waals surface area contributed by atoms with Crippen LogP contribution in [0.4, 0.5) is 5.69 Å². The summed E-state index contributed by atoms with van der Waals surface area (Å²) in [5.74, 6) is -0.0345. The monoisotopic (exact) mass is 508 g/mol. The van der Waals surface area contributed by atoms with Crippen LogP contribution in [0.2, 0.25) is 0 Å². The summed E-state index contributed by atoms with van der Waals surface area (Å²) in [7, 11) is -3.87. The number of fused-ring (bicyclic) bond motifs is 1. The van der Waals surface area contributed by atoms with Crippen LogP contribution >= 0.6 is 11.3 Å². The van der Waals surface area contributed by atoms with Crippen molar-refractivity contribution in [3.63, 3.8) is 0 Å². The number of anilines is 1. The average molecular weight is 509 g/mol. The van der Waals surface area contributed by atoms with Gasteiger partial charge in [0.05, 0.1) is 17.1 Å². The maximum atomic E-state index is 13.7. The second-order valence-electron chi connectivity index (χ2n) is 8.46. The van der Waals surface area contributed by atoms with E-state index in [4.69, 9.17) is 0 Å². The Kier molecular flexibility index (Phi) is 6.16. The minimum Gasteiger partial charge on any atom is -0.366 e. The third-order valence-corrected chi connectivity index (χ3v) is 8.09. The molecule has 0 radical (unpaired) electrons. The molecule has 0 aliphatic carbocycles. The number of carbonyl (C=O) groups excluding carboxylic acids is 1. The number of pyridine rings is 2. The van der Waals surface area contributed by atoms with Gasteiger partial charge >= 0.3 is 0 Å². The van der Waals surface area contributed by atoms with Crippen molar-refractivity contribution in [2.75, 3.05) is 37.3 Å². The first-order valence-corrected chi connectivity index (χ1v) is 13.9. The minimum atomic E-state index is -3.87. The number of nitrogens with zero attached hydrogens (tertiary/aromatic N) is 4. The lowest BCUT2D eigenvalue weighted by atomic mass is 10.1. The van der Waals surface area contributed by atoms with Crippen LogP contribution in [0.1, 0.15) is 15.2 Å². The Bertz CT molecular complexity index is 1540. The zero-order valence-electron chi connectivity index (χ0n) is 19.1. The molecule has 0 bridgehead atoms. The van der Waals surface area contributed by atoms with Gasteiger partial charge in [0.25, 0.3) is 11.5 Å². The van der Waals surface area contributed by atoms with E-state index >= 15 is 0 Å². The van der Waals surface area contributed by atoms with E-state index in [1.54, 1.807) is 29.3 Å². The van der Waals surface area contributed by atoms with E-state index in [1.165, 1.54) is 15.9 Å². The van der Waals surface area contributed by atoms with Gasteiger partial charge in [-0.25, -0.2) is 13.4 Å². The zero-order valence-corrected chi connectivity index (χ0v) is 20.8. The molecule has 1 aromatic carbocycles. The maximum absolute atomic E-state index is 13.7. The molecule has 180 valence electrons. The number of rotatable bonds is 5. The standard InChI is InChI=1S/C25H24N4O4S2/c1-35(32,33)22-21(27-12-14-28(15-13-27)24(30)20-10-6-16-34-20)19-9-5-11-26-23(19)29(25(22)31)17-18-7-3-2-4-8-18/h2-11,16H,12-15,17H2,1H3.